The molecule has 3 unspecified atom stereocenters. The zero-order valence-corrected chi connectivity index (χ0v) is 19.5. The summed E-state index contributed by atoms with van der Waals surface area (Å²) in [6.07, 6.45) is 3.81. The predicted molar refractivity (Wildman–Crippen MR) is 124 cm³/mol. The first kappa shape index (κ1) is 22.2. The summed E-state index contributed by atoms with van der Waals surface area (Å²) in [5, 5.41) is 0.724. The summed E-state index contributed by atoms with van der Waals surface area (Å²) >= 11 is 6.37. The van der Waals surface area contributed by atoms with Gasteiger partial charge in [-0.15, -0.1) is 0 Å². The van der Waals surface area contributed by atoms with Crippen LogP contribution in [0.1, 0.15) is 62.5 Å². The fourth-order valence-corrected chi connectivity index (χ4v) is 5.51. The smallest absolute Gasteiger partial charge is 0.313 e. The number of carbonyl (C=O) groups excluding carboxylic acids is 1. The monoisotopic (exact) mass is 442 g/mol. The molecule has 4 nitrogen and oxygen atoms in total. The van der Waals surface area contributed by atoms with Crippen LogP contribution in [0.5, 0.6) is 11.5 Å². The van der Waals surface area contributed by atoms with Crippen LogP contribution in [-0.2, 0) is 9.53 Å². The second kappa shape index (κ2) is 9.22. The Balaban J connectivity index is 1.58. The number of quaternary nitrogens is 1. The number of esters is 1. The molecule has 5 heteroatoms. The summed E-state index contributed by atoms with van der Waals surface area (Å²) in [5.74, 6) is 2.33. The van der Waals surface area contributed by atoms with Crippen molar-refractivity contribution in [1.29, 1.82) is 0 Å². The van der Waals surface area contributed by atoms with E-state index in [0.717, 1.165) is 60.9 Å². The minimum atomic E-state index is -0.0395. The minimum absolute atomic E-state index is 0.0170. The molecule has 0 aliphatic carbocycles. The van der Waals surface area contributed by atoms with E-state index in [9.17, 15) is 4.79 Å². The number of hydrogen-bond acceptors (Lipinski definition) is 3. The Kier molecular flexibility index (Phi) is 6.59. The first-order chi connectivity index (χ1) is 14.9. The Morgan fingerprint density at radius 1 is 1.06 bits per heavy atom. The van der Waals surface area contributed by atoms with Gasteiger partial charge in [0.05, 0.1) is 26.1 Å². The normalized spacial score (nSPS) is 24.0. The molecule has 1 saturated heterocycles. The van der Waals surface area contributed by atoms with Gasteiger partial charge in [0.2, 0.25) is 6.73 Å². The van der Waals surface area contributed by atoms with Gasteiger partial charge in [-0.3, -0.25) is 9.28 Å². The van der Waals surface area contributed by atoms with Crippen LogP contribution in [0.15, 0.2) is 42.5 Å². The standard InChI is InChI=1S/C26H33ClNO3/c1-4-8-18(9-5-2)26(29)30-17-28(3)15-22-20-10-6-7-11-24(20)31-25-13-12-19(27)14-21(25)23(22)16-28/h6-7,10-14,18,22-23H,4-5,8-9,15-17H2,1-3H3/q+1. The predicted octanol–water partition coefficient (Wildman–Crippen LogP) is 6.49. The van der Waals surface area contributed by atoms with Crippen molar-refractivity contribution >= 4 is 17.6 Å². The highest BCUT2D eigenvalue weighted by molar-refractivity contribution is 6.30. The molecule has 2 heterocycles. The molecule has 4 rings (SSSR count). The van der Waals surface area contributed by atoms with Gasteiger partial charge < -0.3 is 9.47 Å². The maximum Gasteiger partial charge on any atom is 0.313 e. The van der Waals surface area contributed by atoms with Crippen LogP contribution in [0.25, 0.3) is 0 Å². The zero-order valence-electron chi connectivity index (χ0n) is 18.8. The minimum Gasteiger partial charge on any atom is -0.457 e. The van der Waals surface area contributed by atoms with Gasteiger partial charge in [-0.05, 0) is 37.1 Å². The molecule has 0 aromatic heterocycles. The van der Waals surface area contributed by atoms with E-state index in [-0.39, 0.29) is 17.8 Å². The van der Waals surface area contributed by atoms with Crippen LogP contribution in [0.2, 0.25) is 5.02 Å². The lowest BCUT2D eigenvalue weighted by Crippen LogP contribution is -2.45. The number of likely N-dealkylation sites (tertiary alicyclic amines) is 1. The van der Waals surface area contributed by atoms with E-state index >= 15 is 0 Å². The molecule has 0 bridgehead atoms. The fourth-order valence-electron chi connectivity index (χ4n) is 5.33. The van der Waals surface area contributed by atoms with E-state index in [1.54, 1.807) is 0 Å². The van der Waals surface area contributed by atoms with Crippen molar-refractivity contribution < 1.29 is 18.8 Å². The van der Waals surface area contributed by atoms with E-state index < -0.39 is 0 Å². The summed E-state index contributed by atoms with van der Waals surface area (Å²) in [5.41, 5.74) is 2.37. The molecule has 0 saturated carbocycles. The summed E-state index contributed by atoms with van der Waals surface area (Å²) < 4.78 is 12.9. The molecule has 0 spiro atoms. The summed E-state index contributed by atoms with van der Waals surface area (Å²) in [4.78, 5) is 12.8. The third kappa shape index (κ3) is 4.61. The van der Waals surface area contributed by atoms with Crippen molar-refractivity contribution in [3.8, 4) is 11.5 Å². The van der Waals surface area contributed by atoms with Gasteiger partial charge in [-0.2, -0.15) is 0 Å². The lowest BCUT2D eigenvalue weighted by atomic mass is 9.84. The zero-order chi connectivity index (χ0) is 22.0. The lowest BCUT2D eigenvalue weighted by molar-refractivity contribution is -0.915. The maximum absolute atomic E-state index is 12.8. The number of benzene rings is 2. The van der Waals surface area contributed by atoms with Crippen molar-refractivity contribution in [2.45, 2.75) is 51.4 Å². The average molecular weight is 443 g/mol. The Hall–Kier alpha value is -2.04. The highest BCUT2D eigenvalue weighted by Gasteiger charge is 2.48. The van der Waals surface area contributed by atoms with E-state index in [4.69, 9.17) is 21.1 Å². The van der Waals surface area contributed by atoms with Gasteiger partial charge in [0.25, 0.3) is 0 Å². The Morgan fingerprint density at radius 2 is 1.71 bits per heavy atom. The topological polar surface area (TPSA) is 35.5 Å². The number of rotatable bonds is 7. The number of nitrogens with zero attached hydrogens (tertiary/aromatic N) is 1. The molecule has 2 aromatic rings. The van der Waals surface area contributed by atoms with Crippen molar-refractivity contribution in [1.82, 2.24) is 0 Å². The van der Waals surface area contributed by atoms with Crippen molar-refractivity contribution in [2.75, 3.05) is 26.9 Å². The molecular formula is C26H33ClNO3+. The van der Waals surface area contributed by atoms with Gasteiger partial charge in [0.15, 0.2) is 0 Å². The van der Waals surface area contributed by atoms with E-state index in [1.807, 2.05) is 30.3 Å². The van der Waals surface area contributed by atoms with Gasteiger partial charge >= 0.3 is 5.97 Å². The van der Waals surface area contributed by atoms with Crippen LogP contribution in [0.3, 0.4) is 0 Å². The number of carbonyl (C=O) groups is 1. The average Bonchev–Trinajstić information content (AvgIpc) is 3.05. The van der Waals surface area contributed by atoms with E-state index in [2.05, 4.69) is 33.0 Å². The molecule has 2 aromatic carbocycles. The molecule has 0 N–H and O–H groups in total. The fraction of sp³-hybridized carbons (Fsp3) is 0.500. The van der Waals surface area contributed by atoms with Crippen LogP contribution < -0.4 is 4.74 Å². The number of para-hydroxylation sites is 1. The Bertz CT molecular complexity index is 940. The largest absolute Gasteiger partial charge is 0.457 e. The number of hydrogen-bond donors (Lipinski definition) is 0. The van der Waals surface area contributed by atoms with Gasteiger partial charge in [-0.25, -0.2) is 0 Å². The first-order valence-electron chi connectivity index (χ1n) is 11.5. The molecule has 0 amide bonds. The van der Waals surface area contributed by atoms with Crippen LogP contribution >= 0.6 is 11.6 Å². The number of fused-ring (bicyclic) bond motifs is 5. The van der Waals surface area contributed by atoms with Crippen molar-refractivity contribution in [3.63, 3.8) is 0 Å². The summed E-state index contributed by atoms with van der Waals surface area (Å²) in [6, 6.07) is 14.2. The molecule has 1 fully saturated rings. The van der Waals surface area contributed by atoms with Crippen molar-refractivity contribution in [3.05, 3.63) is 58.6 Å². The van der Waals surface area contributed by atoms with E-state index in [1.165, 1.54) is 5.56 Å². The van der Waals surface area contributed by atoms with Gasteiger partial charge in [0.1, 0.15) is 11.5 Å². The SMILES string of the molecule is CCCC(CCC)C(=O)OC[N+]1(C)CC2c3ccccc3Oc3ccc(Cl)cc3C2C1. The molecule has 2 aliphatic rings. The molecular weight excluding hydrogens is 410 g/mol. The lowest BCUT2D eigenvalue weighted by Gasteiger charge is -2.30. The van der Waals surface area contributed by atoms with Gasteiger partial charge in [0, 0.05) is 28.0 Å². The second-order valence-corrected chi connectivity index (χ2v) is 9.82. The first-order valence-corrected chi connectivity index (χ1v) is 11.9. The molecule has 2 aliphatic heterocycles. The van der Waals surface area contributed by atoms with Crippen LogP contribution in [0.4, 0.5) is 0 Å². The number of likely N-dealkylation sites (N-methyl/N-ethyl adjacent to an activating group) is 1. The maximum atomic E-state index is 12.8. The van der Waals surface area contributed by atoms with Crippen molar-refractivity contribution in [2.24, 2.45) is 5.92 Å². The molecule has 31 heavy (non-hydrogen) atoms. The van der Waals surface area contributed by atoms with E-state index in [0.29, 0.717) is 17.1 Å². The highest BCUT2D eigenvalue weighted by Crippen LogP contribution is 2.51. The van der Waals surface area contributed by atoms with Crippen LogP contribution in [-0.4, -0.2) is 37.3 Å². The second-order valence-electron chi connectivity index (χ2n) is 9.39. The Morgan fingerprint density at radius 3 is 2.42 bits per heavy atom. The van der Waals surface area contributed by atoms with Crippen LogP contribution in [0, 0.1) is 5.92 Å². The Labute approximate surface area is 190 Å². The number of ether oxygens (including phenoxy) is 2. The third-order valence-electron chi connectivity index (χ3n) is 6.80. The molecule has 3 atom stereocenters. The quantitative estimate of drug-likeness (QED) is 0.363. The molecule has 166 valence electrons. The third-order valence-corrected chi connectivity index (χ3v) is 7.03. The summed E-state index contributed by atoms with van der Waals surface area (Å²) in [6.45, 7) is 6.44. The highest BCUT2D eigenvalue weighted by atomic mass is 35.5. The number of halogens is 1. The van der Waals surface area contributed by atoms with Gasteiger partial charge in [-0.1, -0.05) is 56.5 Å². The summed E-state index contributed by atoms with van der Waals surface area (Å²) in [7, 11) is 2.20. The molecule has 0 radical (unpaired) electrons.